The molecule has 1 aromatic rings. The summed E-state index contributed by atoms with van der Waals surface area (Å²) in [6.07, 6.45) is 0.653. The van der Waals surface area contributed by atoms with Crippen LogP contribution in [0.15, 0.2) is 39.5 Å². The summed E-state index contributed by atoms with van der Waals surface area (Å²) in [5, 5.41) is 3.28. The molecule has 2 unspecified atom stereocenters. The molecule has 1 aliphatic carbocycles. The maximum atomic E-state index is 12.5. The van der Waals surface area contributed by atoms with Crippen LogP contribution in [0.1, 0.15) is 31.9 Å². The maximum absolute atomic E-state index is 12.5. The van der Waals surface area contributed by atoms with E-state index < -0.39 is 0 Å². The molecule has 0 radical (unpaired) electrons. The highest BCUT2D eigenvalue weighted by Gasteiger charge is 2.32. The minimum atomic E-state index is -0.147. The average molecular weight is 310 g/mol. The van der Waals surface area contributed by atoms with Crippen molar-refractivity contribution in [3.63, 3.8) is 0 Å². The first-order valence-electron chi connectivity index (χ1n) is 7.92. The van der Waals surface area contributed by atoms with E-state index in [1.165, 1.54) is 6.07 Å². The second-order valence-electron chi connectivity index (χ2n) is 5.92. The summed E-state index contributed by atoms with van der Waals surface area (Å²) < 4.78 is 11.8. The molecule has 2 aliphatic heterocycles. The van der Waals surface area contributed by atoms with Gasteiger partial charge in [-0.3, -0.25) is 4.79 Å². The smallest absolute Gasteiger partial charge is 0.205 e. The molecule has 0 saturated heterocycles. The second-order valence-corrected chi connectivity index (χ2v) is 5.92. The summed E-state index contributed by atoms with van der Waals surface area (Å²) in [5.74, 6) is 0.508. The van der Waals surface area contributed by atoms with E-state index in [-0.39, 0.29) is 17.6 Å². The summed E-state index contributed by atoms with van der Waals surface area (Å²) in [5.41, 5.74) is 3.48. The van der Waals surface area contributed by atoms with E-state index in [1.807, 2.05) is 31.2 Å². The van der Waals surface area contributed by atoms with Gasteiger partial charge < -0.3 is 14.5 Å². The normalized spacial score (nSPS) is 20.4. The van der Waals surface area contributed by atoms with E-state index in [4.69, 9.17) is 14.1 Å². The van der Waals surface area contributed by atoms with Gasteiger partial charge in [0.25, 0.3) is 0 Å². The molecule has 3 aliphatic rings. The average Bonchev–Trinajstić information content (AvgIpc) is 2.54. The lowest BCUT2D eigenvalue weighted by molar-refractivity contribution is 0.0512. The molecule has 5 nitrogen and oxygen atoms in total. The van der Waals surface area contributed by atoms with Gasteiger partial charge >= 0.3 is 0 Å². The second kappa shape index (κ2) is 5.35. The molecule has 118 valence electrons. The number of nitrogens with one attached hydrogen (secondary N) is 1. The van der Waals surface area contributed by atoms with Gasteiger partial charge in [-0.2, -0.15) is 0 Å². The van der Waals surface area contributed by atoms with Crippen molar-refractivity contribution in [2.24, 2.45) is 0 Å². The number of nitrogens with zero attached hydrogens (tertiary/aromatic N) is 1. The Labute approximate surface area is 133 Å². The van der Waals surface area contributed by atoms with E-state index in [2.05, 4.69) is 12.2 Å². The van der Waals surface area contributed by atoms with Gasteiger partial charge in [-0.1, -0.05) is 12.1 Å². The molecule has 4 rings (SSSR count). The van der Waals surface area contributed by atoms with Gasteiger partial charge in [0.15, 0.2) is 11.3 Å². The van der Waals surface area contributed by atoms with Crippen molar-refractivity contribution in [1.29, 1.82) is 0 Å². The van der Waals surface area contributed by atoms with Crippen LogP contribution in [0, 0.1) is 0 Å². The van der Waals surface area contributed by atoms with E-state index in [1.54, 1.807) is 0 Å². The number of hydrogen-bond acceptors (Lipinski definition) is 5. The van der Waals surface area contributed by atoms with E-state index >= 15 is 0 Å². The number of ether oxygens (including phenoxy) is 1. The highest BCUT2D eigenvalue weighted by atomic mass is 16.5. The fourth-order valence-electron chi connectivity index (χ4n) is 3.27. The maximum Gasteiger partial charge on any atom is 0.205 e. The summed E-state index contributed by atoms with van der Waals surface area (Å²) in [6.45, 7) is 4.60. The molecule has 2 heterocycles. The van der Waals surface area contributed by atoms with Crippen molar-refractivity contribution in [1.82, 2.24) is 4.98 Å². The van der Waals surface area contributed by atoms with E-state index in [0.29, 0.717) is 29.3 Å². The van der Waals surface area contributed by atoms with Crippen molar-refractivity contribution in [3.8, 4) is 11.5 Å². The standard InChI is InChI=1S/C18H18N2O3/c1-3-22-14-8-10(2)19-17-12(21)9-15-18(16(14)17)20-11-6-4-5-7-13(11)23-15/h4-7,9-10,14,19H,3,8H2,1-2H3. The number of hydrogen-bond donors (Lipinski definition) is 1. The Balaban J connectivity index is 2.05. The first kappa shape index (κ1) is 14.2. The minimum Gasteiger partial charge on any atom is -0.453 e. The number of fused-ring (bicyclic) bond motifs is 4. The van der Waals surface area contributed by atoms with Crippen molar-refractivity contribution in [2.45, 2.75) is 32.4 Å². The molecule has 0 bridgehead atoms. The highest BCUT2D eigenvalue weighted by molar-refractivity contribution is 5.80. The molecule has 23 heavy (non-hydrogen) atoms. The third-order valence-electron chi connectivity index (χ3n) is 4.23. The van der Waals surface area contributed by atoms with Gasteiger partial charge in [0.1, 0.15) is 11.2 Å². The minimum absolute atomic E-state index is 0.0791. The predicted molar refractivity (Wildman–Crippen MR) is 89.0 cm³/mol. The molecular weight excluding hydrogens is 292 g/mol. The molecule has 5 heteroatoms. The molecule has 0 aromatic heterocycles. The van der Waals surface area contributed by atoms with E-state index in [9.17, 15) is 4.79 Å². The highest BCUT2D eigenvalue weighted by Crippen LogP contribution is 2.40. The molecule has 0 spiro atoms. The number of benzene rings is 2. The van der Waals surface area contributed by atoms with Crippen molar-refractivity contribution in [3.05, 3.63) is 46.1 Å². The SMILES string of the molecule is CCOC1CC(C)Nc2c1c1nc3ccccc3oc-1cc2=O. The number of rotatable bonds is 2. The van der Waals surface area contributed by atoms with Crippen molar-refractivity contribution < 1.29 is 9.15 Å². The van der Waals surface area contributed by atoms with Gasteiger partial charge in [-0.25, -0.2) is 4.98 Å². The Morgan fingerprint density at radius 3 is 3.04 bits per heavy atom. The van der Waals surface area contributed by atoms with Crippen LogP contribution < -0.4 is 10.7 Å². The van der Waals surface area contributed by atoms with Crippen LogP contribution in [-0.2, 0) is 4.74 Å². The molecule has 0 amide bonds. The zero-order valence-electron chi connectivity index (χ0n) is 13.1. The first-order valence-corrected chi connectivity index (χ1v) is 7.92. The Kier molecular flexibility index (Phi) is 3.31. The lowest BCUT2D eigenvalue weighted by Gasteiger charge is -2.32. The van der Waals surface area contributed by atoms with Gasteiger partial charge in [0.05, 0.1) is 11.8 Å². The van der Waals surface area contributed by atoms with Gasteiger partial charge in [-0.05, 0) is 32.4 Å². The van der Waals surface area contributed by atoms with Gasteiger partial charge in [0.2, 0.25) is 5.43 Å². The molecule has 1 N–H and O–H groups in total. The predicted octanol–water partition coefficient (Wildman–Crippen LogP) is 3.57. The molecule has 2 atom stereocenters. The van der Waals surface area contributed by atoms with Crippen LogP contribution in [0.5, 0.6) is 0 Å². The summed E-state index contributed by atoms with van der Waals surface area (Å²) in [4.78, 5) is 17.2. The monoisotopic (exact) mass is 310 g/mol. The lowest BCUT2D eigenvalue weighted by Crippen LogP contribution is -2.31. The van der Waals surface area contributed by atoms with Crippen LogP contribution in [0.4, 0.5) is 5.69 Å². The Morgan fingerprint density at radius 1 is 1.39 bits per heavy atom. The quantitative estimate of drug-likeness (QED) is 0.733. The summed E-state index contributed by atoms with van der Waals surface area (Å²) in [7, 11) is 0. The number of para-hydroxylation sites is 2. The van der Waals surface area contributed by atoms with Gasteiger partial charge in [-0.15, -0.1) is 0 Å². The largest absolute Gasteiger partial charge is 0.453 e. The van der Waals surface area contributed by atoms with Crippen LogP contribution in [0.2, 0.25) is 0 Å². The summed E-state index contributed by atoms with van der Waals surface area (Å²) >= 11 is 0. The van der Waals surface area contributed by atoms with Crippen LogP contribution in [0.3, 0.4) is 0 Å². The molecule has 1 aromatic carbocycles. The fourth-order valence-corrected chi connectivity index (χ4v) is 3.27. The number of anilines is 1. The third kappa shape index (κ3) is 2.28. The topological polar surface area (TPSA) is 64.4 Å². The Hall–Kier alpha value is -2.40. The molecular formula is C18H18N2O3. The third-order valence-corrected chi connectivity index (χ3v) is 4.23. The lowest BCUT2D eigenvalue weighted by atomic mass is 9.92. The van der Waals surface area contributed by atoms with Crippen molar-refractivity contribution >= 4 is 16.8 Å². The zero-order chi connectivity index (χ0) is 16.0. The van der Waals surface area contributed by atoms with Crippen molar-refractivity contribution in [2.75, 3.05) is 11.9 Å². The molecule has 0 fully saturated rings. The van der Waals surface area contributed by atoms with Crippen LogP contribution >= 0.6 is 0 Å². The fraction of sp³-hybridized carbons (Fsp3) is 0.333. The zero-order valence-corrected chi connectivity index (χ0v) is 13.1. The first-order chi connectivity index (χ1) is 11.2. The van der Waals surface area contributed by atoms with Crippen LogP contribution in [0.25, 0.3) is 22.6 Å². The van der Waals surface area contributed by atoms with Crippen LogP contribution in [-0.4, -0.2) is 17.6 Å². The van der Waals surface area contributed by atoms with Gasteiger partial charge in [0, 0.05) is 24.3 Å². The number of aromatic nitrogens is 1. The molecule has 0 saturated carbocycles. The Bertz CT molecular complexity index is 903. The summed E-state index contributed by atoms with van der Waals surface area (Å²) in [6, 6.07) is 9.27. The Morgan fingerprint density at radius 2 is 2.22 bits per heavy atom. The van der Waals surface area contributed by atoms with E-state index in [0.717, 1.165) is 17.5 Å².